The standard InChI is InChI=1S/C19H22ClN3O/c1-15-4-2-5-16(12-15)19(24)23-9-3-8-22(10-11-23)14-17-6-7-21-13-18(17)20/h2,4-7,12-13H,3,8-11,14H2,1H3. The number of aryl methyl sites for hydroxylation is 1. The molecule has 3 rings (SSSR count). The van der Waals surface area contributed by atoms with Crippen molar-refractivity contribution in [3.8, 4) is 0 Å². The van der Waals surface area contributed by atoms with E-state index in [9.17, 15) is 4.79 Å². The van der Waals surface area contributed by atoms with Crippen LogP contribution < -0.4 is 0 Å². The minimum Gasteiger partial charge on any atom is -0.337 e. The van der Waals surface area contributed by atoms with Crippen LogP contribution in [0.25, 0.3) is 0 Å². The molecule has 1 aromatic carbocycles. The molecule has 1 saturated heterocycles. The van der Waals surface area contributed by atoms with E-state index in [-0.39, 0.29) is 5.91 Å². The molecule has 4 nitrogen and oxygen atoms in total. The first-order valence-electron chi connectivity index (χ1n) is 8.30. The number of aromatic nitrogens is 1. The van der Waals surface area contributed by atoms with Crippen LogP contribution in [0.5, 0.6) is 0 Å². The number of pyridine rings is 1. The number of hydrogen-bond donors (Lipinski definition) is 0. The predicted octanol–water partition coefficient (Wildman–Crippen LogP) is 3.39. The van der Waals surface area contributed by atoms with Crippen LogP contribution in [-0.4, -0.2) is 46.9 Å². The van der Waals surface area contributed by atoms with Gasteiger partial charge in [-0.2, -0.15) is 0 Å². The molecule has 0 radical (unpaired) electrons. The quantitative estimate of drug-likeness (QED) is 0.857. The maximum absolute atomic E-state index is 12.7. The maximum Gasteiger partial charge on any atom is 0.253 e. The molecule has 0 bridgehead atoms. The highest BCUT2D eigenvalue weighted by Gasteiger charge is 2.20. The van der Waals surface area contributed by atoms with Gasteiger partial charge in [0.15, 0.2) is 0 Å². The molecular formula is C19H22ClN3O. The summed E-state index contributed by atoms with van der Waals surface area (Å²) < 4.78 is 0. The molecule has 0 spiro atoms. The number of hydrogen-bond acceptors (Lipinski definition) is 3. The van der Waals surface area contributed by atoms with Gasteiger partial charge in [0.2, 0.25) is 0 Å². The van der Waals surface area contributed by atoms with Gasteiger partial charge in [-0.15, -0.1) is 0 Å². The molecule has 126 valence electrons. The number of rotatable bonds is 3. The van der Waals surface area contributed by atoms with Crippen LogP contribution in [0.3, 0.4) is 0 Å². The van der Waals surface area contributed by atoms with Gasteiger partial charge in [-0.05, 0) is 37.1 Å². The Morgan fingerprint density at radius 3 is 2.88 bits per heavy atom. The van der Waals surface area contributed by atoms with Crippen molar-refractivity contribution in [1.29, 1.82) is 0 Å². The lowest BCUT2D eigenvalue weighted by atomic mass is 10.1. The van der Waals surface area contributed by atoms with Crippen molar-refractivity contribution in [2.24, 2.45) is 0 Å². The smallest absolute Gasteiger partial charge is 0.253 e. The van der Waals surface area contributed by atoms with Crippen LogP contribution in [0.1, 0.15) is 27.9 Å². The van der Waals surface area contributed by atoms with Crippen LogP contribution in [0.2, 0.25) is 5.02 Å². The molecular weight excluding hydrogens is 322 g/mol. The summed E-state index contributed by atoms with van der Waals surface area (Å²) in [7, 11) is 0. The minimum atomic E-state index is 0.127. The van der Waals surface area contributed by atoms with E-state index in [2.05, 4.69) is 9.88 Å². The summed E-state index contributed by atoms with van der Waals surface area (Å²) in [6.07, 6.45) is 4.43. The number of carbonyl (C=O) groups is 1. The highest BCUT2D eigenvalue weighted by atomic mass is 35.5. The Bertz CT molecular complexity index is 719. The summed E-state index contributed by atoms with van der Waals surface area (Å²) in [4.78, 5) is 21.0. The van der Waals surface area contributed by atoms with Crippen molar-refractivity contribution in [3.63, 3.8) is 0 Å². The summed E-state index contributed by atoms with van der Waals surface area (Å²) in [5, 5.41) is 0.703. The Labute approximate surface area is 148 Å². The second kappa shape index (κ2) is 7.77. The average molecular weight is 344 g/mol. The second-order valence-electron chi connectivity index (χ2n) is 6.26. The Morgan fingerprint density at radius 2 is 2.08 bits per heavy atom. The van der Waals surface area contributed by atoms with E-state index in [1.165, 1.54) is 0 Å². The monoisotopic (exact) mass is 343 g/mol. The topological polar surface area (TPSA) is 36.4 Å². The third-order valence-corrected chi connectivity index (χ3v) is 4.73. The molecule has 1 fully saturated rings. The molecule has 2 heterocycles. The van der Waals surface area contributed by atoms with Gasteiger partial charge in [0.25, 0.3) is 5.91 Å². The van der Waals surface area contributed by atoms with Crippen LogP contribution in [0.15, 0.2) is 42.7 Å². The molecule has 0 aliphatic carbocycles. The van der Waals surface area contributed by atoms with E-state index >= 15 is 0 Å². The summed E-state index contributed by atoms with van der Waals surface area (Å²) in [5.74, 6) is 0.127. The van der Waals surface area contributed by atoms with Crippen molar-refractivity contribution in [3.05, 3.63) is 64.4 Å². The van der Waals surface area contributed by atoms with Gasteiger partial charge in [-0.1, -0.05) is 29.3 Å². The molecule has 0 saturated carbocycles. The van der Waals surface area contributed by atoms with Gasteiger partial charge in [0, 0.05) is 50.7 Å². The van der Waals surface area contributed by atoms with E-state index in [1.54, 1.807) is 12.4 Å². The number of amides is 1. The summed E-state index contributed by atoms with van der Waals surface area (Å²) >= 11 is 6.20. The SMILES string of the molecule is Cc1cccc(C(=O)N2CCCN(Cc3ccncc3Cl)CC2)c1. The second-order valence-corrected chi connectivity index (χ2v) is 6.67. The Balaban J connectivity index is 1.63. The first kappa shape index (κ1) is 16.9. The first-order valence-corrected chi connectivity index (χ1v) is 8.68. The third-order valence-electron chi connectivity index (χ3n) is 4.39. The van der Waals surface area contributed by atoms with E-state index in [0.29, 0.717) is 5.02 Å². The fourth-order valence-corrected chi connectivity index (χ4v) is 3.25. The number of carbonyl (C=O) groups excluding carboxylic acids is 1. The minimum absolute atomic E-state index is 0.127. The zero-order valence-corrected chi connectivity index (χ0v) is 14.7. The van der Waals surface area contributed by atoms with Crippen molar-refractivity contribution < 1.29 is 4.79 Å². The van der Waals surface area contributed by atoms with E-state index in [4.69, 9.17) is 11.6 Å². The van der Waals surface area contributed by atoms with Gasteiger partial charge in [-0.25, -0.2) is 0 Å². The first-order chi connectivity index (χ1) is 11.6. The summed E-state index contributed by atoms with van der Waals surface area (Å²) in [5.41, 5.74) is 2.98. The van der Waals surface area contributed by atoms with Crippen molar-refractivity contribution in [2.75, 3.05) is 26.2 Å². The number of halogens is 1. The number of nitrogens with zero attached hydrogens (tertiary/aromatic N) is 3. The molecule has 2 aromatic rings. The van der Waals surface area contributed by atoms with Crippen molar-refractivity contribution in [2.45, 2.75) is 19.9 Å². The van der Waals surface area contributed by atoms with E-state index < -0.39 is 0 Å². The lowest BCUT2D eigenvalue weighted by molar-refractivity contribution is 0.0761. The third kappa shape index (κ3) is 4.13. The van der Waals surface area contributed by atoms with Crippen LogP contribution >= 0.6 is 11.6 Å². The van der Waals surface area contributed by atoms with Crippen LogP contribution in [-0.2, 0) is 6.54 Å². The molecule has 0 N–H and O–H groups in total. The average Bonchev–Trinajstić information content (AvgIpc) is 2.82. The number of benzene rings is 1. The fourth-order valence-electron chi connectivity index (χ4n) is 3.07. The van der Waals surface area contributed by atoms with Crippen molar-refractivity contribution >= 4 is 17.5 Å². The molecule has 0 unspecified atom stereocenters. The molecule has 1 amide bonds. The van der Waals surface area contributed by atoms with Crippen LogP contribution in [0.4, 0.5) is 0 Å². The summed E-state index contributed by atoms with van der Waals surface area (Å²) in [6, 6.07) is 9.77. The molecule has 1 aromatic heterocycles. The zero-order chi connectivity index (χ0) is 16.9. The van der Waals surface area contributed by atoms with Gasteiger partial charge < -0.3 is 4.90 Å². The predicted molar refractivity (Wildman–Crippen MR) is 96.2 cm³/mol. The van der Waals surface area contributed by atoms with Gasteiger partial charge in [-0.3, -0.25) is 14.7 Å². The highest BCUT2D eigenvalue weighted by molar-refractivity contribution is 6.31. The molecule has 0 atom stereocenters. The lowest BCUT2D eigenvalue weighted by Gasteiger charge is -2.22. The van der Waals surface area contributed by atoms with Gasteiger partial charge in [0.05, 0.1) is 5.02 Å². The fraction of sp³-hybridized carbons (Fsp3) is 0.368. The maximum atomic E-state index is 12.7. The molecule has 5 heteroatoms. The van der Waals surface area contributed by atoms with Crippen LogP contribution in [0, 0.1) is 6.92 Å². The Hall–Kier alpha value is -1.91. The Kier molecular flexibility index (Phi) is 5.48. The summed E-state index contributed by atoms with van der Waals surface area (Å²) in [6.45, 7) is 6.18. The van der Waals surface area contributed by atoms with Crippen molar-refractivity contribution in [1.82, 2.24) is 14.8 Å². The highest BCUT2D eigenvalue weighted by Crippen LogP contribution is 2.17. The van der Waals surface area contributed by atoms with E-state index in [1.807, 2.05) is 42.2 Å². The van der Waals surface area contributed by atoms with Gasteiger partial charge in [0.1, 0.15) is 0 Å². The molecule has 1 aliphatic heterocycles. The zero-order valence-electron chi connectivity index (χ0n) is 13.9. The lowest BCUT2D eigenvalue weighted by Crippen LogP contribution is -2.35. The Morgan fingerprint density at radius 1 is 1.21 bits per heavy atom. The largest absolute Gasteiger partial charge is 0.337 e. The van der Waals surface area contributed by atoms with E-state index in [0.717, 1.165) is 55.8 Å². The molecule has 24 heavy (non-hydrogen) atoms. The van der Waals surface area contributed by atoms with Gasteiger partial charge >= 0.3 is 0 Å². The molecule has 1 aliphatic rings. The normalized spacial score (nSPS) is 16.0.